The van der Waals surface area contributed by atoms with E-state index in [1.54, 1.807) is 0 Å². The number of aliphatic imine (C=N–C) groups is 2. The van der Waals surface area contributed by atoms with Gasteiger partial charge in [-0.25, -0.2) is 4.99 Å². The first-order valence-corrected chi connectivity index (χ1v) is 8.37. The lowest BCUT2D eigenvalue weighted by atomic mass is 10.3. The van der Waals surface area contributed by atoms with Crippen molar-refractivity contribution in [3.05, 3.63) is 0 Å². The van der Waals surface area contributed by atoms with E-state index in [9.17, 15) is 0 Å². The molecule has 0 aromatic rings. The van der Waals surface area contributed by atoms with Crippen molar-refractivity contribution in [2.45, 2.75) is 26.7 Å². The third-order valence-electron chi connectivity index (χ3n) is 3.35. The molecule has 0 aromatic heterocycles. The predicted octanol–water partition coefficient (Wildman–Crippen LogP) is -0.530. The van der Waals surface area contributed by atoms with Crippen LogP contribution in [-0.4, -0.2) is 86.9 Å². The highest BCUT2D eigenvalue weighted by Gasteiger charge is 2.03. The topological polar surface area (TPSA) is 102 Å². The van der Waals surface area contributed by atoms with Gasteiger partial charge in [0, 0.05) is 27.2 Å². The van der Waals surface area contributed by atoms with Gasteiger partial charge in [0.2, 0.25) is 0 Å². The average Bonchev–Trinajstić information content (AvgIpc) is 2.53. The van der Waals surface area contributed by atoms with Crippen molar-refractivity contribution in [2.24, 2.45) is 15.7 Å². The minimum atomic E-state index is 0.0841. The van der Waals surface area contributed by atoms with E-state index in [0.717, 1.165) is 39.0 Å². The van der Waals surface area contributed by atoms with Gasteiger partial charge < -0.3 is 20.6 Å². The summed E-state index contributed by atoms with van der Waals surface area (Å²) in [4.78, 5) is 13.0. The molecule has 136 valence electrons. The van der Waals surface area contributed by atoms with Crippen molar-refractivity contribution in [3.63, 3.8) is 0 Å². The molecule has 0 fully saturated rings. The molecule has 0 atom stereocenters. The van der Waals surface area contributed by atoms with Crippen molar-refractivity contribution in [1.29, 1.82) is 0 Å². The van der Waals surface area contributed by atoms with Gasteiger partial charge in [-0.1, -0.05) is 13.8 Å². The second-order valence-corrected chi connectivity index (χ2v) is 5.38. The predicted molar refractivity (Wildman–Crippen MR) is 97.7 cm³/mol. The van der Waals surface area contributed by atoms with Crippen LogP contribution in [0, 0.1) is 0 Å². The molecular formula is C15H35N7O. The Morgan fingerprint density at radius 1 is 1.13 bits per heavy atom. The Morgan fingerprint density at radius 2 is 1.83 bits per heavy atom. The van der Waals surface area contributed by atoms with Gasteiger partial charge in [0.05, 0.1) is 13.3 Å². The summed E-state index contributed by atoms with van der Waals surface area (Å²) in [7, 11) is 3.83. The standard InChI is InChI=1S/C15H35N7O/c1-5-22(6-2)11-8-7-9-18-15(21(3)4)20-14(16)19-13-17-10-12-23/h17,23H,5-13H2,1-4H3,(H3,16,18,19,20). The Bertz CT molecular complexity index is 341. The maximum Gasteiger partial charge on any atom is 0.200 e. The van der Waals surface area contributed by atoms with Gasteiger partial charge in [-0.2, -0.15) is 0 Å². The van der Waals surface area contributed by atoms with Crippen LogP contribution in [0.2, 0.25) is 0 Å². The summed E-state index contributed by atoms with van der Waals surface area (Å²) in [6.07, 6.45) is 2.19. The van der Waals surface area contributed by atoms with Crippen LogP contribution in [0.25, 0.3) is 0 Å². The molecular weight excluding hydrogens is 294 g/mol. The molecule has 0 heterocycles. The number of aliphatic hydroxyl groups excluding tert-OH is 1. The fraction of sp³-hybridized carbons (Fsp3) is 0.867. The number of guanidine groups is 2. The summed E-state index contributed by atoms with van der Waals surface area (Å²) in [5.41, 5.74) is 5.82. The summed E-state index contributed by atoms with van der Waals surface area (Å²) in [6, 6.07) is 0. The number of nitrogens with one attached hydrogen (secondary N) is 2. The van der Waals surface area contributed by atoms with Gasteiger partial charge in [0.1, 0.15) is 0 Å². The zero-order valence-electron chi connectivity index (χ0n) is 15.2. The Morgan fingerprint density at radius 3 is 2.39 bits per heavy atom. The molecule has 0 spiro atoms. The molecule has 23 heavy (non-hydrogen) atoms. The fourth-order valence-electron chi connectivity index (χ4n) is 1.92. The monoisotopic (exact) mass is 329 g/mol. The first-order chi connectivity index (χ1) is 11.0. The second kappa shape index (κ2) is 14.2. The van der Waals surface area contributed by atoms with Crippen LogP contribution in [0.1, 0.15) is 26.7 Å². The molecule has 0 amide bonds. The molecule has 0 aliphatic rings. The Labute approximate surface area is 140 Å². The summed E-state index contributed by atoms with van der Waals surface area (Å²) in [5, 5.41) is 14.6. The summed E-state index contributed by atoms with van der Waals surface area (Å²) >= 11 is 0. The first-order valence-electron chi connectivity index (χ1n) is 8.37. The van der Waals surface area contributed by atoms with Gasteiger partial charge in [-0.3, -0.25) is 15.6 Å². The van der Waals surface area contributed by atoms with E-state index in [0.29, 0.717) is 25.1 Å². The highest BCUT2D eigenvalue weighted by Crippen LogP contribution is 1.96. The quantitative estimate of drug-likeness (QED) is 0.231. The third-order valence-corrected chi connectivity index (χ3v) is 3.35. The fourth-order valence-corrected chi connectivity index (χ4v) is 1.92. The van der Waals surface area contributed by atoms with Gasteiger partial charge in [-0.05, 0) is 32.5 Å². The molecule has 5 N–H and O–H groups in total. The summed E-state index contributed by atoms with van der Waals surface area (Å²) < 4.78 is 0. The number of hydrogen-bond acceptors (Lipinski definition) is 5. The van der Waals surface area contributed by atoms with Crippen LogP contribution in [0.4, 0.5) is 0 Å². The molecule has 0 saturated carbocycles. The number of unbranched alkanes of at least 4 members (excludes halogenated alkanes) is 1. The Hall–Kier alpha value is -1.38. The molecule has 0 saturated heterocycles. The average molecular weight is 329 g/mol. The SMILES string of the molecule is CCN(CC)CCCCN=C(N/C(N)=N\CNCCO)N(C)C. The number of aliphatic hydroxyl groups is 1. The summed E-state index contributed by atoms with van der Waals surface area (Å²) in [6.45, 7) is 9.40. The van der Waals surface area contributed by atoms with Crippen molar-refractivity contribution < 1.29 is 5.11 Å². The molecule has 0 aliphatic carbocycles. The molecule has 0 unspecified atom stereocenters. The lowest BCUT2D eigenvalue weighted by Gasteiger charge is -2.18. The van der Waals surface area contributed by atoms with Crippen LogP contribution in [0.3, 0.4) is 0 Å². The zero-order chi connectivity index (χ0) is 17.5. The van der Waals surface area contributed by atoms with Crippen molar-refractivity contribution in [2.75, 3.05) is 60.1 Å². The van der Waals surface area contributed by atoms with Crippen LogP contribution in [0.5, 0.6) is 0 Å². The molecule has 0 radical (unpaired) electrons. The van der Waals surface area contributed by atoms with Crippen molar-refractivity contribution in [1.82, 2.24) is 20.4 Å². The molecule has 0 aliphatic heterocycles. The lowest BCUT2D eigenvalue weighted by molar-refractivity contribution is 0.293. The van der Waals surface area contributed by atoms with Crippen LogP contribution in [-0.2, 0) is 0 Å². The van der Waals surface area contributed by atoms with Gasteiger partial charge in [-0.15, -0.1) is 0 Å². The Kier molecular flexibility index (Phi) is 13.4. The smallest absolute Gasteiger partial charge is 0.200 e. The van der Waals surface area contributed by atoms with E-state index in [-0.39, 0.29) is 6.61 Å². The van der Waals surface area contributed by atoms with E-state index in [2.05, 4.69) is 39.4 Å². The molecule has 0 aromatic carbocycles. The summed E-state index contributed by atoms with van der Waals surface area (Å²) in [5.74, 6) is 1.02. The van der Waals surface area contributed by atoms with Gasteiger partial charge in [0.25, 0.3) is 0 Å². The first kappa shape index (κ1) is 21.6. The largest absolute Gasteiger partial charge is 0.395 e. The van der Waals surface area contributed by atoms with E-state index in [4.69, 9.17) is 10.8 Å². The number of hydrogen-bond donors (Lipinski definition) is 4. The molecule has 8 nitrogen and oxygen atoms in total. The van der Waals surface area contributed by atoms with E-state index < -0.39 is 0 Å². The lowest BCUT2D eigenvalue weighted by Crippen LogP contribution is -2.44. The second-order valence-electron chi connectivity index (χ2n) is 5.38. The molecule has 0 bridgehead atoms. The maximum atomic E-state index is 8.67. The normalized spacial score (nSPS) is 12.8. The van der Waals surface area contributed by atoms with Crippen LogP contribution in [0.15, 0.2) is 9.98 Å². The minimum Gasteiger partial charge on any atom is -0.395 e. The molecule has 8 heteroatoms. The van der Waals surface area contributed by atoms with Crippen LogP contribution < -0.4 is 16.4 Å². The van der Waals surface area contributed by atoms with Gasteiger partial charge in [0.15, 0.2) is 11.9 Å². The Balaban J connectivity index is 4.18. The van der Waals surface area contributed by atoms with E-state index in [1.807, 2.05) is 19.0 Å². The van der Waals surface area contributed by atoms with E-state index >= 15 is 0 Å². The van der Waals surface area contributed by atoms with E-state index in [1.165, 1.54) is 0 Å². The zero-order valence-corrected chi connectivity index (χ0v) is 15.2. The third kappa shape index (κ3) is 11.8. The number of rotatable bonds is 11. The van der Waals surface area contributed by atoms with Crippen LogP contribution >= 0.6 is 0 Å². The minimum absolute atomic E-state index is 0.0841. The van der Waals surface area contributed by atoms with Crippen molar-refractivity contribution >= 4 is 11.9 Å². The van der Waals surface area contributed by atoms with Crippen molar-refractivity contribution in [3.8, 4) is 0 Å². The maximum absolute atomic E-state index is 8.67. The number of nitrogens with two attached hydrogens (primary N) is 1. The number of nitrogens with zero attached hydrogens (tertiary/aromatic N) is 4. The highest BCUT2D eigenvalue weighted by molar-refractivity contribution is 5.97. The van der Waals surface area contributed by atoms with Gasteiger partial charge >= 0.3 is 0 Å². The molecule has 0 rings (SSSR count). The highest BCUT2D eigenvalue weighted by atomic mass is 16.3.